The van der Waals surface area contributed by atoms with Gasteiger partial charge in [0.1, 0.15) is 10.1 Å². The molecule has 0 amide bonds. The van der Waals surface area contributed by atoms with Crippen LogP contribution in [0.1, 0.15) is 24.0 Å². The molecule has 4 aromatic carbocycles. The number of carboxylic acid groups (broad SMARTS) is 4. The van der Waals surface area contributed by atoms with Crippen molar-refractivity contribution in [3.05, 3.63) is 96.1 Å². The Morgan fingerprint density at radius 2 is 0.849 bits per heavy atom. The maximum absolute atomic E-state index is 12.7. The van der Waals surface area contributed by atoms with Crippen LogP contribution in [-0.2, 0) is 58.3 Å². The molecule has 8 N–H and O–H groups in total. The number of aliphatic hydroxyl groups is 2. The molecule has 0 saturated heterocycles. The fourth-order valence-electron chi connectivity index (χ4n) is 6.64. The number of hydrogen-bond acceptors (Lipinski definition) is 33. The molecule has 0 aliphatic carbocycles. The Hall–Kier alpha value is -2.72. The number of nitrogens with one attached hydrogen (secondary N) is 6. The van der Waals surface area contributed by atoms with E-state index in [4.69, 9.17) is 10.2 Å². The van der Waals surface area contributed by atoms with Gasteiger partial charge in [0, 0.05) is 52.4 Å². The zero-order valence-electron chi connectivity index (χ0n) is 46.2. The third-order valence-electron chi connectivity index (χ3n) is 10.3. The Kier molecular flexibility index (Phi) is 37.6. The van der Waals surface area contributed by atoms with Crippen LogP contribution in [0.15, 0.2) is 105 Å². The molecule has 2 unspecified atom stereocenters. The summed E-state index contributed by atoms with van der Waals surface area (Å²) in [5.74, 6) is -11.0. The van der Waals surface area contributed by atoms with E-state index in [0.29, 0.717) is 12.0 Å². The second-order valence-electron chi connectivity index (χ2n) is 15.9. The van der Waals surface area contributed by atoms with E-state index in [1.54, 1.807) is 0 Å². The summed E-state index contributed by atoms with van der Waals surface area (Å²) in [7, 11) is -13.0. The number of hydrogen-bond donors (Lipinski definition) is 8. The van der Waals surface area contributed by atoms with E-state index in [2.05, 4.69) is 71.2 Å². The number of aromatic nitrogens is 6. The molecule has 6 rings (SSSR count). The van der Waals surface area contributed by atoms with Crippen molar-refractivity contribution in [3.8, 4) is 0 Å². The Morgan fingerprint density at radius 3 is 1.20 bits per heavy atom. The number of sulfone groups is 2. The van der Waals surface area contributed by atoms with Gasteiger partial charge in [-0.05, 0) is 83.9 Å². The number of benzene rings is 4. The first kappa shape index (κ1) is 83.3. The van der Waals surface area contributed by atoms with Crippen LogP contribution in [0, 0.1) is 0 Å². The summed E-state index contributed by atoms with van der Waals surface area (Å²) in [6, 6.07) is 13.6. The van der Waals surface area contributed by atoms with Crippen LogP contribution in [-0.4, -0.2) is 131 Å². The van der Waals surface area contributed by atoms with Gasteiger partial charge >= 0.3 is 177 Å². The predicted molar refractivity (Wildman–Crippen MR) is 266 cm³/mol. The summed E-state index contributed by atoms with van der Waals surface area (Å²) in [6.07, 6.45) is 0.279. The van der Waals surface area contributed by atoms with E-state index in [-0.39, 0.29) is 244 Å². The molecule has 0 radical (unpaired) electrons. The van der Waals surface area contributed by atoms with Crippen LogP contribution < -0.4 is 235 Å². The molecule has 2 heterocycles. The third kappa shape index (κ3) is 25.9. The molecule has 0 spiro atoms. The van der Waals surface area contributed by atoms with Gasteiger partial charge in [0.2, 0.25) is 35.7 Å². The van der Waals surface area contributed by atoms with Gasteiger partial charge in [-0.2, -0.15) is 34.2 Å². The minimum Gasteiger partial charge on any atom is -0.744 e. The molecule has 2 aromatic heterocycles. The van der Waals surface area contributed by atoms with Crippen molar-refractivity contribution in [1.82, 2.24) is 29.9 Å². The number of rotatable bonds is 30. The van der Waals surface area contributed by atoms with E-state index in [1.807, 2.05) is 0 Å². The van der Waals surface area contributed by atoms with Crippen LogP contribution in [0.5, 0.6) is 0 Å². The quantitative estimate of drug-likeness (QED) is 0.00518. The molecule has 32 nitrogen and oxygen atoms in total. The fraction of sp³-hybridized carbons (Fsp3) is 0.182. The van der Waals surface area contributed by atoms with Gasteiger partial charge in [0.25, 0.3) is 0 Å². The average molecular weight is 1320 g/mol. The number of nitrogens with zero attached hydrogens (tertiary/aromatic N) is 6. The van der Waals surface area contributed by atoms with Crippen LogP contribution in [0.25, 0.3) is 12.2 Å². The molecule has 2 atom stereocenters. The molecule has 424 valence electrons. The number of aliphatic carboxylic acids is 4. The van der Waals surface area contributed by atoms with E-state index in [1.165, 1.54) is 91.0 Å². The summed E-state index contributed by atoms with van der Waals surface area (Å²) in [5.41, 5.74) is 0.266. The maximum atomic E-state index is 12.7. The second kappa shape index (κ2) is 38.9. The van der Waals surface area contributed by atoms with E-state index >= 15 is 0 Å². The van der Waals surface area contributed by atoms with Crippen LogP contribution in [0.4, 0.5) is 58.4 Å². The van der Waals surface area contributed by atoms with Gasteiger partial charge in [-0.25, -0.2) is 25.3 Å². The van der Waals surface area contributed by atoms with E-state index in [0.717, 1.165) is 6.07 Å². The zero-order chi connectivity index (χ0) is 58.4. The van der Waals surface area contributed by atoms with Gasteiger partial charge in [-0.15, -0.1) is 0 Å². The number of anilines is 10. The van der Waals surface area contributed by atoms with Gasteiger partial charge < -0.3 is 91.5 Å². The molecular formula is C44H38N12Na6O20S4. The Bertz CT molecular complexity index is 3670. The monoisotopic (exact) mass is 1320 g/mol. The minimum absolute atomic E-state index is 0. The standard InChI is InChI=1S/C44H44N12O20S4.6Na/c57-15-17-78(68,69)29-11-7-25(8-12-29)45-39-51-41(55-43(53-39)49-31(37(63)64)21-35(59)60)47-27-5-3-23(33(19-27)77-76-75-67)1-2-24-4-6-28(20-34(24)80(72,73)74)48-42-52-40(54-44(56-42)50-32(38(65)66)22-36(61)62)46-26-9-13-30(14-10-26)79(70,71)18-16-58;;;;;;/h1-14,19-20,31-32,57-58,67H,15-18,21-22H2,(H,59,60)(H,61,62)(H,63,64)(H,65,66)(H,72,73,74)(H3,45,47,49,51,53,55)(H3,46,48,50,52,54,56);;;;;;/q;6*+1/p-6/b2-1+;;;;;;. The summed E-state index contributed by atoms with van der Waals surface area (Å²) < 4.78 is 92.3. The van der Waals surface area contributed by atoms with Crippen LogP contribution >= 0.6 is 12.0 Å². The first-order valence-electron chi connectivity index (χ1n) is 22.2. The van der Waals surface area contributed by atoms with Crippen molar-refractivity contribution in [2.45, 2.75) is 44.5 Å². The van der Waals surface area contributed by atoms with Gasteiger partial charge in [0.05, 0.1) is 75.5 Å². The molecule has 6 aromatic rings. The molecule has 86 heavy (non-hydrogen) atoms. The largest absolute Gasteiger partial charge is 1.00 e. The SMILES string of the molecule is O=C([O-])CC(Nc1nc(Nc2ccc(S(=O)(=O)CCO)cc2)nc(Nc2ccc(/C=C/c3ccc(Nc4nc(Nc5ccc(S(=O)(=O)CCO)cc5)nc(NC(CC(=O)[O-])C(=O)[O-])n4)cc3S(=O)(=O)[O-])c(SOO[O-])c2)n1)C(=O)[O-].[Na+].[Na+].[Na+].[Na+].[Na+].[Na+]. The molecule has 0 bridgehead atoms. The number of carboxylic acids is 4. The topological polar surface area (TPSA) is 517 Å². The summed E-state index contributed by atoms with van der Waals surface area (Å²) >= 11 is 0.351. The summed E-state index contributed by atoms with van der Waals surface area (Å²) in [4.78, 5) is 69.7. The first-order valence-corrected chi connectivity index (χ1v) is 27.7. The van der Waals surface area contributed by atoms with Crippen molar-refractivity contribution in [2.75, 3.05) is 56.6 Å². The zero-order valence-corrected chi connectivity index (χ0v) is 61.5. The third-order valence-corrected chi connectivity index (χ3v) is 15.2. The average Bonchev–Trinajstić information content (AvgIpc) is 3.41. The molecule has 0 aliphatic heterocycles. The van der Waals surface area contributed by atoms with Crippen LogP contribution in [0.3, 0.4) is 0 Å². The van der Waals surface area contributed by atoms with Crippen molar-refractivity contribution < 1.29 is 272 Å². The van der Waals surface area contributed by atoms with E-state index < -0.39 is 126 Å². The summed E-state index contributed by atoms with van der Waals surface area (Å²) in [5, 5.41) is 94.3. The Balaban J connectivity index is 0.0000120. The molecule has 0 fully saturated rings. The number of carbonyl (C=O) groups excluding carboxylic acids is 4. The fourth-order valence-corrected chi connectivity index (χ4v) is 9.90. The smallest absolute Gasteiger partial charge is 0.744 e. The summed E-state index contributed by atoms with van der Waals surface area (Å²) in [6.45, 7) is -1.27. The van der Waals surface area contributed by atoms with Crippen molar-refractivity contribution in [1.29, 1.82) is 0 Å². The first-order chi connectivity index (χ1) is 37.8. The molecule has 0 aliphatic rings. The normalized spacial score (nSPS) is 11.6. The van der Waals surface area contributed by atoms with Gasteiger partial charge in [-0.3, -0.25) is 5.04 Å². The number of aliphatic hydroxyl groups excluding tert-OH is 2. The Labute approximate surface area is 626 Å². The van der Waals surface area contributed by atoms with Gasteiger partial charge in [0.15, 0.2) is 19.7 Å². The minimum atomic E-state index is -5.33. The van der Waals surface area contributed by atoms with Crippen molar-refractivity contribution in [2.24, 2.45) is 0 Å². The Morgan fingerprint density at radius 1 is 0.512 bits per heavy atom. The maximum Gasteiger partial charge on any atom is 1.00 e. The second-order valence-corrected chi connectivity index (χ2v) is 22.3. The predicted octanol–water partition coefficient (Wildman–Crippen LogP) is -21.8. The van der Waals surface area contributed by atoms with Crippen molar-refractivity contribution >= 4 is 136 Å². The molecular weight excluding hydrogens is 1280 g/mol. The molecule has 0 saturated carbocycles. The van der Waals surface area contributed by atoms with E-state index in [9.17, 15) is 74.7 Å². The van der Waals surface area contributed by atoms with Crippen LogP contribution in [0.2, 0.25) is 0 Å². The van der Waals surface area contributed by atoms with Gasteiger partial charge in [-0.1, -0.05) is 24.3 Å². The molecule has 42 heteroatoms. The van der Waals surface area contributed by atoms with Crippen molar-refractivity contribution in [3.63, 3.8) is 0 Å². The number of carbonyl (C=O) groups is 4.